The number of aliphatic hydroxyl groups is 1. The molecule has 1 aliphatic heterocycles. The molecule has 2 atom stereocenters. The topological polar surface area (TPSA) is 59.0 Å². The Morgan fingerprint density at radius 2 is 2.25 bits per heavy atom. The van der Waals surface area contributed by atoms with Crippen molar-refractivity contribution in [3.05, 3.63) is 29.3 Å². The predicted molar refractivity (Wildman–Crippen MR) is 92.7 cm³/mol. The van der Waals surface area contributed by atoms with Crippen LogP contribution in [0.4, 0.5) is 0 Å². The van der Waals surface area contributed by atoms with E-state index in [2.05, 4.69) is 23.1 Å². The van der Waals surface area contributed by atoms with Crippen LogP contribution in [0.1, 0.15) is 30.9 Å². The van der Waals surface area contributed by atoms with Crippen molar-refractivity contribution in [3.8, 4) is 5.75 Å². The summed E-state index contributed by atoms with van der Waals surface area (Å²) in [6.07, 6.45) is 3.17. The minimum atomic E-state index is -0.590. The van der Waals surface area contributed by atoms with Crippen molar-refractivity contribution < 1.29 is 19.4 Å². The monoisotopic (exact) mass is 331 g/mol. The van der Waals surface area contributed by atoms with E-state index in [-0.39, 0.29) is 5.97 Å². The van der Waals surface area contributed by atoms with Crippen LogP contribution in [0, 0.1) is 5.92 Å². The van der Waals surface area contributed by atoms with Crippen LogP contribution in [-0.4, -0.2) is 55.4 Å². The van der Waals surface area contributed by atoms with Gasteiger partial charge in [-0.25, -0.2) is 0 Å². The van der Waals surface area contributed by atoms with Gasteiger partial charge in [-0.3, -0.25) is 4.79 Å². The number of fused-ring (bicyclic) bond motifs is 1. The molecule has 0 amide bonds. The zero-order chi connectivity index (χ0) is 17.1. The highest BCUT2D eigenvalue weighted by Gasteiger charge is 2.34. The lowest BCUT2D eigenvalue weighted by atomic mass is 9.86. The van der Waals surface area contributed by atoms with Crippen LogP contribution in [-0.2, 0) is 9.53 Å². The molecule has 1 heterocycles. The summed E-state index contributed by atoms with van der Waals surface area (Å²) in [4.78, 5) is 14.2. The fraction of sp³-hybridized carbons (Fsp3) is 0.526. The average Bonchev–Trinajstić information content (AvgIpc) is 2.57. The third-order valence-corrected chi connectivity index (χ3v) is 4.88. The van der Waals surface area contributed by atoms with E-state index >= 15 is 0 Å². The minimum Gasteiger partial charge on any atom is -0.497 e. The zero-order valence-electron chi connectivity index (χ0n) is 14.3. The van der Waals surface area contributed by atoms with Gasteiger partial charge in [-0.05, 0) is 48.6 Å². The molecule has 3 rings (SSSR count). The maximum Gasteiger partial charge on any atom is 0.312 e. The molecule has 0 bridgehead atoms. The Labute approximate surface area is 142 Å². The number of carbonyl (C=O) groups is 1. The summed E-state index contributed by atoms with van der Waals surface area (Å²) in [5, 5.41) is 10.1. The van der Waals surface area contributed by atoms with Gasteiger partial charge in [0.2, 0.25) is 0 Å². The first-order chi connectivity index (χ1) is 11.6. The van der Waals surface area contributed by atoms with Crippen molar-refractivity contribution in [2.75, 3.05) is 33.4 Å². The van der Waals surface area contributed by atoms with Crippen LogP contribution >= 0.6 is 0 Å². The van der Waals surface area contributed by atoms with Crippen LogP contribution in [0.15, 0.2) is 18.2 Å². The Kier molecular flexibility index (Phi) is 5.21. The van der Waals surface area contributed by atoms with E-state index in [1.807, 2.05) is 6.07 Å². The van der Waals surface area contributed by atoms with Gasteiger partial charge < -0.3 is 19.5 Å². The minimum absolute atomic E-state index is 0.285. The van der Waals surface area contributed by atoms with E-state index in [0.29, 0.717) is 19.6 Å². The maximum absolute atomic E-state index is 12.0. The lowest BCUT2D eigenvalue weighted by Crippen LogP contribution is -2.47. The van der Waals surface area contributed by atoms with Gasteiger partial charge in [0.25, 0.3) is 0 Å². The van der Waals surface area contributed by atoms with Gasteiger partial charge in [-0.1, -0.05) is 12.1 Å². The molecule has 1 aromatic rings. The van der Waals surface area contributed by atoms with Gasteiger partial charge in [0.05, 0.1) is 25.7 Å². The van der Waals surface area contributed by atoms with Gasteiger partial charge in [0, 0.05) is 19.6 Å². The Morgan fingerprint density at radius 1 is 1.42 bits per heavy atom. The molecule has 130 valence electrons. The first-order valence-corrected chi connectivity index (χ1v) is 8.58. The molecule has 5 nitrogen and oxygen atoms in total. The summed E-state index contributed by atoms with van der Waals surface area (Å²) in [5.74, 6) is 0.164. The summed E-state index contributed by atoms with van der Waals surface area (Å²) in [5.41, 5.74) is 3.83. The molecule has 1 aliphatic carbocycles. The Bertz CT molecular complexity index is 640. The SMILES string of the molecule is CCOC(=O)C1CN(CCC2=Cc3ccc(OC)cc32)CCC1O. The first-order valence-electron chi connectivity index (χ1n) is 8.58. The van der Waals surface area contributed by atoms with Crippen molar-refractivity contribution in [2.24, 2.45) is 5.92 Å². The second-order valence-corrected chi connectivity index (χ2v) is 6.39. The Balaban J connectivity index is 1.54. The summed E-state index contributed by atoms with van der Waals surface area (Å²) in [6.45, 7) is 4.41. The molecule has 1 N–H and O–H groups in total. The lowest BCUT2D eigenvalue weighted by Gasteiger charge is -2.35. The number of rotatable bonds is 6. The smallest absolute Gasteiger partial charge is 0.312 e. The summed E-state index contributed by atoms with van der Waals surface area (Å²) < 4.78 is 10.4. The molecule has 0 saturated carbocycles. The molecule has 1 saturated heterocycles. The Morgan fingerprint density at radius 3 is 3.00 bits per heavy atom. The number of piperidine rings is 1. The van der Waals surface area contributed by atoms with Gasteiger partial charge in [-0.2, -0.15) is 0 Å². The molecule has 5 heteroatoms. The molecule has 2 aliphatic rings. The second kappa shape index (κ2) is 7.36. The highest BCUT2D eigenvalue weighted by Crippen LogP contribution is 2.37. The van der Waals surface area contributed by atoms with Crippen molar-refractivity contribution in [2.45, 2.75) is 25.9 Å². The standard InChI is InChI=1S/C19H25NO4/c1-3-24-19(22)17-12-20(9-7-18(17)21)8-6-14-10-13-4-5-15(23-2)11-16(13)14/h4-5,10-11,17-18,21H,3,6-9,12H2,1-2H3. The van der Waals surface area contributed by atoms with Crippen LogP contribution in [0.5, 0.6) is 5.75 Å². The number of aliphatic hydroxyl groups excluding tert-OH is 1. The van der Waals surface area contributed by atoms with Crippen molar-refractivity contribution in [3.63, 3.8) is 0 Å². The summed E-state index contributed by atoms with van der Waals surface area (Å²) >= 11 is 0. The lowest BCUT2D eigenvalue weighted by molar-refractivity contribution is -0.155. The maximum atomic E-state index is 12.0. The van der Waals surface area contributed by atoms with Gasteiger partial charge in [-0.15, -0.1) is 0 Å². The van der Waals surface area contributed by atoms with E-state index in [1.165, 1.54) is 16.7 Å². The van der Waals surface area contributed by atoms with Crippen LogP contribution in [0.3, 0.4) is 0 Å². The average molecular weight is 331 g/mol. The molecule has 1 fully saturated rings. The molecular formula is C19H25NO4. The van der Waals surface area contributed by atoms with E-state index in [4.69, 9.17) is 9.47 Å². The van der Waals surface area contributed by atoms with E-state index in [1.54, 1.807) is 14.0 Å². The van der Waals surface area contributed by atoms with Gasteiger partial charge in [0.15, 0.2) is 0 Å². The van der Waals surface area contributed by atoms with Gasteiger partial charge in [0.1, 0.15) is 5.75 Å². The highest BCUT2D eigenvalue weighted by molar-refractivity contribution is 5.96. The van der Waals surface area contributed by atoms with Crippen LogP contribution in [0.25, 0.3) is 11.6 Å². The normalized spacial score (nSPS) is 23.0. The number of benzene rings is 1. The quantitative estimate of drug-likeness (QED) is 0.810. The number of ether oxygens (including phenoxy) is 2. The number of hydrogen-bond donors (Lipinski definition) is 1. The summed E-state index contributed by atoms with van der Waals surface area (Å²) in [7, 11) is 1.68. The number of methoxy groups -OCH3 is 1. The fourth-order valence-electron chi connectivity index (χ4n) is 3.43. The Hall–Kier alpha value is -1.85. The fourth-order valence-corrected chi connectivity index (χ4v) is 3.43. The highest BCUT2D eigenvalue weighted by atomic mass is 16.5. The largest absolute Gasteiger partial charge is 0.497 e. The van der Waals surface area contributed by atoms with Gasteiger partial charge >= 0.3 is 5.97 Å². The molecule has 24 heavy (non-hydrogen) atoms. The van der Waals surface area contributed by atoms with Crippen molar-refractivity contribution in [1.29, 1.82) is 0 Å². The molecule has 0 spiro atoms. The number of carbonyl (C=O) groups excluding carboxylic acids is 1. The van der Waals surface area contributed by atoms with E-state index in [0.717, 1.165) is 25.3 Å². The number of likely N-dealkylation sites (tertiary alicyclic amines) is 1. The number of esters is 1. The first kappa shape index (κ1) is 17.0. The van der Waals surface area contributed by atoms with Crippen LogP contribution < -0.4 is 4.74 Å². The number of hydrogen-bond acceptors (Lipinski definition) is 5. The third kappa shape index (κ3) is 3.47. The van der Waals surface area contributed by atoms with E-state index in [9.17, 15) is 9.90 Å². The summed E-state index contributed by atoms with van der Waals surface area (Å²) in [6, 6.07) is 6.12. The van der Waals surface area contributed by atoms with Crippen LogP contribution in [0.2, 0.25) is 0 Å². The molecule has 1 aromatic carbocycles. The molecule has 2 unspecified atom stereocenters. The molecule has 0 aromatic heterocycles. The predicted octanol–water partition coefficient (Wildman–Crippen LogP) is 2.19. The molecular weight excluding hydrogens is 306 g/mol. The number of nitrogens with zero attached hydrogens (tertiary/aromatic N) is 1. The zero-order valence-corrected chi connectivity index (χ0v) is 14.3. The van der Waals surface area contributed by atoms with E-state index < -0.39 is 12.0 Å². The third-order valence-electron chi connectivity index (χ3n) is 4.88. The van der Waals surface area contributed by atoms with Crippen molar-refractivity contribution >= 4 is 17.6 Å². The van der Waals surface area contributed by atoms with Crippen molar-refractivity contribution in [1.82, 2.24) is 4.90 Å². The molecule has 0 radical (unpaired) electrons. The second-order valence-electron chi connectivity index (χ2n) is 6.39.